The third-order valence-electron chi connectivity index (χ3n) is 4.33. The highest BCUT2D eigenvalue weighted by molar-refractivity contribution is 7.98. The summed E-state index contributed by atoms with van der Waals surface area (Å²) in [5.41, 5.74) is 1.81. The first-order valence-corrected chi connectivity index (χ1v) is 9.71. The van der Waals surface area contributed by atoms with Gasteiger partial charge in [-0.3, -0.25) is 9.36 Å². The smallest absolute Gasteiger partial charge is 0.370 e. The summed E-state index contributed by atoms with van der Waals surface area (Å²) in [6.07, 6.45) is -2.09. The number of thioether (sulfide) groups is 1. The summed E-state index contributed by atoms with van der Waals surface area (Å²) < 4.78 is 44.0. The predicted molar refractivity (Wildman–Crippen MR) is 97.1 cm³/mol. The number of alkyl halides is 3. The topological polar surface area (TPSA) is 56.2 Å². The van der Waals surface area contributed by atoms with Gasteiger partial charge in [-0.2, -0.15) is 13.2 Å². The predicted octanol–water partition coefficient (Wildman–Crippen LogP) is 2.78. The molecule has 0 radical (unpaired) electrons. The molecular formula is C18H20F3N3O2S. The van der Waals surface area contributed by atoms with Gasteiger partial charge in [-0.15, -0.1) is 0 Å². The second kappa shape index (κ2) is 8.45. The van der Waals surface area contributed by atoms with Crippen LogP contribution in [0.4, 0.5) is 13.2 Å². The molecule has 146 valence electrons. The third-order valence-corrected chi connectivity index (χ3v) is 4.98. The normalized spacial score (nSPS) is 15.4. The summed E-state index contributed by atoms with van der Waals surface area (Å²) in [5.74, 6) is 0. The Morgan fingerprint density at radius 3 is 2.74 bits per heavy atom. The monoisotopic (exact) mass is 399 g/mol. The molecule has 0 fully saturated rings. The minimum atomic E-state index is -4.42. The third kappa shape index (κ3) is 4.72. The molecule has 0 saturated carbocycles. The Bertz CT molecular complexity index is 840. The summed E-state index contributed by atoms with van der Waals surface area (Å²) in [4.78, 5) is 17.8. The summed E-state index contributed by atoms with van der Waals surface area (Å²) in [6, 6.07) is 8.25. The van der Waals surface area contributed by atoms with Crippen LogP contribution in [0.5, 0.6) is 0 Å². The lowest BCUT2D eigenvalue weighted by Crippen LogP contribution is -2.38. The molecule has 0 bridgehead atoms. The Hall–Kier alpha value is -1.84. The zero-order valence-corrected chi connectivity index (χ0v) is 15.6. The van der Waals surface area contributed by atoms with Crippen molar-refractivity contribution in [1.82, 2.24) is 14.9 Å². The van der Waals surface area contributed by atoms with E-state index in [1.165, 1.54) is 16.3 Å². The van der Waals surface area contributed by atoms with Crippen molar-refractivity contribution < 1.29 is 17.9 Å². The number of nitrogens with one attached hydrogen (secondary N) is 1. The molecule has 27 heavy (non-hydrogen) atoms. The zero-order chi connectivity index (χ0) is 19.4. The van der Waals surface area contributed by atoms with Gasteiger partial charge in [0, 0.05) is 12.1 Å². The summed E-state index contributed by atoms with van der Waals surface area (Å²) >= 11 is 1.29. The molecule has 1 atom stereocenters. The quantitative estimate of drug-likeness (QED) is 0.598. The van der Waals surface area contributed by atoms with E-state index in [0.29, 0.717) is 41.5 Å². The number of hydrogen-bond donors (Lipinski definition) is 1. The second-order valence-corrected chi connectivity index (χ2v) is 6.96. The first kappa shape index (κ1) is 19.9. The van der Waals surface area contributed by atoms with Crippen LogP contribution in [0.25, 0.3) is 0 Å². The lowest BCUT2D eigenvalue weighted by Gasteiger charge is -2.26. The van der Waals surface area contributed by atoms with Crippen LogP contribution in [-0.4, -0.2) is 41.7 Å². The van der Waals surface area contributed by atoms with Crippen molar-refractivity contribution >= 4 is 11.8 Å². The Morgan fingerprint density at radius 2 is 2.07 bits per heavy atom. The molecule has 1 aromatic heterocycles. The van der Waals surface area contributed by atoms with E-state index >= 15 is 0 Å². The van der Waals surface area contributed by atoms with E-state index in [1.807, 2.05) is 6.07 Å². The van der Waals surface area contributed by atoms with Gasteiger partial charge >= 0.3 is 6.18 Å². The van der Waals surface area contributed by atoms with Gasteiger partial charge in [0.1, 0.15) is 6.61 Å². The number of hydrogen-bond acceptors (Lipinski definition) is 5. The van der Waals surface area contributed by atoms with E-state index in [9.17, 15) is 18.0 Å². The molecule has 2 heterocycles. The van der Waals surface area contributed by atoms with E-state index < -0.39 is 18.8 Å². The Balaban J connectivity index is 2.04. The Labute approximate surface area is 158 Å². The molecule has 0 spiro atoms. The number of aromatic nitrogens is 2. The van der Waals surface area contributed by atoms with Gasteiger partial charge in [0.05, 0.1) is 18.3 Å². The molecule has 1 aliphatic rings. The SMILES string of the molecule is CSc1nc2c(c(=O)n1C(COCC(F)(F)F)c1ccccc1)CCNC2. The van der Waals surface area contributed by atoms with Crippen molar-refractivity contribution in [3.63, 3.8) is 0 Å². The highest BCUT2D eigenvalue weighted by atomic mass is 32.2. The molecule has 0 aliphatic carbocycles. The standard InChI is InChI=1S/C18H20F3N3O2S/c1-27-17-23-14-9-22-8-7-13(14)16(25)24(17)15(10-26-11-18(19,20)21)12-5-3-2-4-6-12/h2-6,15,22H,7-11H2,1H3. The molecule has 1 N–H and O–H groups in total. The number of benzene rings is 1. The van der Waals surface area contributed by atoms with Gasteiger partial charge in [-0.05, 0) is 24.8 Å². The number of halogens is 3. The fourth-order valence-corrected chi connectivity index (χ4v) is 3.72. The minimum absolute atomic E-state index is 0.213. The van der Waals surface area contributed by atoms with Crippen molar-refractivity contribution in [2.24, 2.45) is 0 Å². The highest BCUT2D eigenvalue weighted by Crippen LogP contribution is 2.25. The van der Waals surface area contributed by atoms with Crippen LogP contribution in [0.15, 0.2) is 40.3 Å². The lowest BCUT2D eigenvalue weighted by atomic mass is 10.1. The van der Waals surface area contributed by atoms with E-state index in [0.717, 1.165) is 0 Å². The number of ether oxygens (including phenoxy) is 1. The molecule has 9 heteroatoms. The minimum Gasteiger partial charge on any atom is -0.370 e. The molecular weight excluding hydrogens is 379 g/mol. The van der Waals surface area contributed by atoms with Crippen molar-refractivity contribution in [2.75, 3.05) is 26.0 Å². The van der Waals surface area contributed by atoms with Crippen molar-refractivity contribution in [3.05, 3.63) is 57.5 Å². The summed E-state index contributed by atoms with van der Waals surface area (Å²) in [6.45, 7) is -0.444. The van der Waals surface area contributed by atoms with Gasteiger partial charge in [0.2, 0.25) is 0 Å². The van der Waals surface area contributed by atoms with Crippen molar-refractivity contribution in [2.45, 2.75) is 30.3 Å². The molecule has 1 aromatic carbocycles. The van der Waals surface area contributed by atoms with Crippen LogP contribution in [-0.2, 0) is 17.7 Å². The first-order chi connectivity index (χ1) is 12.9. The highest BCUT2D eigenvalue weighted by Gasteiger charge is 2.30. The molecule has 1 aliphatic heterocycles. The van der Waals surface area contributed by atoms with Crippen LogP contribution in [0, 0.1) is 0 Å². The zero-order valence-electron chi connectivity index (χ0n) is 14.8. The van der Waals surface area contributed by atoms with Crippen LogP contribution < -0.4 is 10.9 Å². The van der Waals surface area contributed by atoms with E-state index in [2.05, 4.69) is 10.3 Å². The van der Waals surface area contributed by atoms with Gasteiger partial charge in [-0.25, -0.2) is 4.98 Å². The maximum absolute atomic E-state index is 13.2. The number of nitrogens with zero attached hydrogens (tertiary/aromatic N) is 2. The van der Waals surface area contributed by atoms with Crippen LogP contribution >= 0.6 is 11.8 Å². The van der Waals surface area contributed by atoms with Gasteiger partial charge < -0.3 is 10.1 Å². The largest absolute Gasteiger partial charge is 0.411 e. The Kier molecular flexibility index (Phi) is 6.23. The lowest BCUT2D eigenvalue weighted by molar-refractivity contribution is -0.175. The van der Waals surface area contributed by atoms with Crippen LogP contribution in [0.2, 0.25) is 0 Å². The maximum Gasteiger partial charge on any atom is 0.411 e. The summed E-state index contributed by atoms with van der Waals surface area (Å²) in [7, 11) is 0. The molecule has 1 unspecified atom stereocenters. The fourth-order valence-electron chi connectivity index (χ4n) is 3.11. The number of fused-ring (bicyclic) bond motifs is 1. The average Bonchev–Trinajstić information content (AvgIpc) is 2.66. The molecule has 0 amide bonds. The van der Waals surface area contributed by atoms with Crippen LogP contribution in [0.1, 0.15) is 22.9 Å². The number of rotatable bonds is 6. The Morgan fingerprint density at radius 1 is 1.33 bits per heavy atom. The first-order valence-electron chi connectivity index (χ1n) is 8.49. The van der Waals surface area contributed by atoms with Crippen molar-refractivity contribution in [1.29, 1.82) is 0 Å². The van der Waals surface area contributed by atoms with E-state index in [1.54, 1.807) is 30.5 Å². The van der Waals surface area contributed by atoms with E-state index in [4.69, 9.17) is 4.74 Å². The van der Waals surface area contributed by atoms with Gasteiger partial charge in [0.15, 0.2) is 5.16 Å². The van der Waals surface area contributed by atoms with Crippen molar-refractivity contribution in [3.8, 4) is 0 Å². The maximum atomic E-state index is 13.2. The van der Waals surface area contributed by atoms with E-state index in [-0.39, 0.29) is 12.2 Å². The molecule has 0 saturated heterocycles. The van der Waals surface area contributed by atoms with Gasteiger partial charge in [0.25, 0.3) is 5.56 Å². The summed E-state index contributed by atoms with van der Waals surface area (Å²) in [5, 5.41) is 3.65. The van der Waals surface area contributed by atoms with Crippen LogP contribution in [0.3, 0.4) is 0 Å². The molecule has 5 nitrogen and oxygen atoms in total. The molecule has 3 rings (SSSR count). The van der Waals surface area contributed by atoms with Gasteiger partial charge in [-0.1, -0.05) is 42.1 Å². The fraction of sp³-hybridized carbons (Fsp3) is 0.444. The average molecular weight is 399 g/mol. The second-order valence-electron chi connectivity index (χ2n) is 6.18. The molecule has 2 aromatic rings.